The normalized spacial score (nSPS) is 19.2. The highest BCUT2D eigenvalue weighted by Gasteiger charge is 2.18. The lowest BCUT2D eigenvalue weighted by Crippen LogP contribution is -2.27. The molecule has 0 radical (unpaired) electrons. The zero-order valence-electron chi connectivity index (χ0n) is 7.95. The minimum Gasteiger partial charge on any atom is -0.382 e. The van der Waals surface area contributed by atoms with Crippen molar-refractivity contribution in [2.45, 2.75) is 18.8 Å². The molecule has 3 N–H and O–H groups in total. The van der Waals surface area contributed by atoms with Gasteiger partial charge in [0.1, 0.15) is 5.82 Å². The van der Waals surface area contributed by atoms with Crippen LogP contribution < -0.4 is 11.1 Å². The van der Waals surface area contributed by atoms with Crippen LogP contribution in [-0.2, 0) is 7.05 Å². The number of rotatable bonds is 1. The highest BCUT2D eigenvalue weighted by molar-refractivity contribution is 5.31. The van der Waals surface area contributed by atoms with Crippen molar-refractivity contribution in [1.29, 1.82) is 0 Å². The van der Waals surface area contributed by atoms with E-state index in [9.17, 15) is 0 Å². The summed E-state index contributed by atoms with van der Waals surface area (Å²) in [6.07, 6.45) is 2.39. The molecule has 1 aromatic rings. The van der Waals surface area contributed by atoms with E-state index in [0.29, 0.717) is 11.7 Å². The van der Waals surface area contributed by atoms with Crippen molar-refractivity contribution >= 4 is 5.82 Å². The van der Waals surface area contributed by atoms with E-state index in [1.807, 2.05) is 17.8 Å². The van der Waals surface area contributed by atoms with Gasteiger partial charge in [0, 0.05) is 24.7 Å². The van der Waals surface area contributed by atoms with Crippen LogP contribution >= 0.6 is 0 Å². The monoisotopic (exact) mass is 180 g/mol. The highest BCUT2D eigenvalue weighted by Crippen LogP contribution is 2.25. The van der Waals surface area contributed by atoms with Crippen LogP contribution in [0.5, 0.6) is 0 Å². The molecule has 0 saturated carbocycles. The quantitative estimate of drug-likeness (QED) is 0.660. The third kappa shape index (κ3) is 1.67. The average Bonchev–Trinajstić information content (AvgIpc) is 2.47. The van der Waals surface area contributed by atoms with Gasteiger partial charge in [0.25, 0.3) is 0 Å². The number of nitrogens with zero attached hydrogens (tertiary/aromatic N) is 2. The first kappa shape index (κ1) is 8.56. The smallest absolute Gasteiger partial charge is 0.145 e. The van der Waals surface area contributed by atoms with Crippen molar-refractivity contribution in [3.8, 4) is 0 Å². The van der Waals surface area contributed by atoms with Gasteiger partial charge >= 0.3 is 0 Å². The van der Waals surface area contributed by atoms with Crippen LogP contribution in [0.2, 0.25) is 0 Å². The molecule has 0 aromatic carbocycles. The van der Waals surface area contributed by atoms with E-state index < -0.39 is 0 Å². The Balaban J connectivity index is 2.18. The molecule has 0 atom stereocenters. The van der Waals surface area contributed by atoms with Crippen molar-refractivity contribution in [2.24, 2.45) is 7.05 Å². The molecule has 0 aliphatic carbocycles. The second-order valence-electron chi connectivity index (χ2n) is 3.64. The van der Waals surface area contributed by atoms with E-state index in [0.717, 1.165) is 13.1 Å². The van der Waals surface area contributed by atoms with Crippen LogP contribution in [0.4, 0.5) is 5.82 Å². The first-order valence-corrected chi connectivity index (χ1v) is 4.77. The first-order valence-electron chi connectivity index (χ1n) is 4.77. The molecule has 2 heterocycles. The molecule has 1 saturated heterocycles. The summed E-state index contributed by atoms with van der Waals surface area (Å²) in [5.74, 6) is 1.27. The van der Waals surface area contributed by atoms with Gasteiger partial charge in [-0.3, -0.25) is 4.68 Å². The van der Waals surface area contributed by atoms with Crippen LogP contribution in [0.1, 0.15) is 24.5 Å². The van der Waals surface area contributed by atoms with Crippen LogP contribution in [0.3, 0.4) is 0 Å². The molecule has 1 aliphatic heterocycles. The van der Waals surface area contributed by atoms with Gasteiger partial charge in [-0.1, -0.05) is 0 Å². The third-order valence-corrected chi connectivity index (χ3v) is 2.69. The lowest BCUT2D eigenvalue weighted by Gasteiger charge is -2.22. The maximum Gasteiger partial charge on any atom is 0.145 e. The Morgan fingerprint density at radius 1 is 1.54 bits per heavy atom. The van der Waals surface area contributed by atoms with Gasteiger partial charge in [0.05, 0.1) is 0 Å². The summed E-state index contributed by atoms with van der Waals surface area (Å²) in [4.78, 5) is 0. The topological polar surface area (TPSA) is 55.9 Å². The highest BCUT2D eigenvalue weighted by atomic mass is 15.3. The van der Waals surface area contributed by atoms with Gasteiger partial charge < -0.3 is 11.1 Å². The van der Waals surface area contributed by atoms with Gasteiger partial charge in [-0.15, -0.1) is 0 Å². The summed E-state index contributed by atoms with van der Waals surface area (Å²) in [5, 5.41) is 7.51. The van der Waals surface area contributed by atoms with Crippen LogP contribution in [0, 0.1) is 0 Å². The fourth-order valence-electron chi connectivity index (χ4n) is 2.00. The largest absolute Gasteiger partial charge is 0.382 e. The van der Waals surface area contributed by atoms with Gasteiger partial charge in [-0.05, 0) is 25.9 Å². The van der Waals surface area contributed by atoms with Gasteiger partial charge in [0.2, 0.25) is 0 Å². The van der Waals surface area contributed by atoms with E-state index in [-0.39, 0.29) is 0 Å². The predicted octanol–water partition coefficient (Wildman–Crippen LogP) is 0.469. The zero-order chi connectivity index (χ0) is 9.26. The molecule has 1 aromatic heterocycles. The van der Waals surface area contributed by atoms with E-state index in [1.165, 1.54) is 18.5 Å². The molecule has 72 valence electrons. The van der Waals surface area contributed by atoms with Crippen LogP contribution in [0.15, 0.2) is 6.07 Å². The van der Waals surface area contributed by atoms with Crippen molar-refractivity contribution in [3.63, 3.8) is 0 Å². The number of aromatic nitrogens is 2. The Morgan fingerprint density at radius 2 is 2.23 bits per heavy atom. The third-order valence-electron chi connectivity index (χ3n) is 2.69. The lowest BCUT2D eigenvalue weighted by atomic mass is 9.94. The number of aryl methyl sites for hydroxylation is 1. The Morgan fingerprint density at radius 3 is 2.77 bits per heavy atom. The molecular formula is C9H16N4. The fraction of sp³-hybridized carbons (Fsp3) is 0.667. The molecule has 0 unspecified atom stereocenters. The lowest BCUT2D eigenvalue weighted by molar-refractivity contribution is 0.440. The Kier molecular flexibility index (Phi) is 2.22. The maximum atomic E-state index is 5.64. The van der Waals surface area contributed by atoms with E-state index >= 15 is 0 Å². The second-order valence-corrected chi connectivity index (χ2v) is 3.64. The number of piperidine rings is 1. The van der Waals surface area contributed by atoms with Gasteiger partial charge in [-0.2, -0.15) is 5.10 Å². The molecule has 4 heteroatoms. The number of nitrogens with two attached hydrogens (primary N) is 1. The summed E-state index contributed by atoms with van der Waals surface area (Å²) in [6, 6.07) is 2.00. The van der Waals surface area contributed by atoms with Crippen molar-refractivity contribution in [3.05, 3.63) is 11.8 Å². The number of anilines is 1. The maximum absolute atomic E-state index is 5.64. The summed E-state index contributed by atoms with van der Waals surface area (Å²) < 4.78 is 1.91. The summed E-state index contributed by atoms with van der Waals surface area (Å²) >= 11 is 0. The minimum absolute atomic E-state index is 0.635. The number of hydrogen-bond donors (Lipinski definition) is 2. The second kappa shape index (κ2) is 3.38. The van der Waals surface area contributed by atoms with Crippen LogP contribution in [-0.4, -0.2) is 22.9 Å². The fourth-order valence-corrected chi connectivity index (χ4v) is 2.00. The first-order chi connectivity index (χ1) is 6.27. The Labute approximate surface area is 78.1 Å². The SMILES string of the molecule is Cn1nc(N)cc1C1CCNCC1. The molecule has 1 fully saturated rings. The molecule has 1 aliphatic rings. The van der Waals surface area contributed by atoms with Crippen molar-refractivity contribution < 1.29 is 0 Å². The minimum atomic E-state index is 0.635. The zero-order valence-corrected chi connectivity index (χ0v) is 7.95. The summed E-state index contributed by atoms with van der Waals surface area (Å²) in [7, 11) is 1.97. The van der Waals surface area contributed by atoms with E-state index in [4.69, 9.17) is 5.73 Å². The number of nitrogen functional groups attached to an aromatic ring is 1. The molecule has 0 bridgehead atoms. The van der Waals surface area contributed by atoms with Crippen LogP contribution in [0.25, 0.3) is 0 Å². The standard InChI is InChI=1S/C9H16N4/c1-13-8(6-9(10)12-13)7-2-4-11-5-3-7/h6-7,11H,2-5H2,1H3,(H2,10,12). The number of hydrogen-bond acceptors (Lipinski definition) is 3. The molecular weight excluding hydrogens is 164 g/mol. The average molecular weight is 180 g/mol. The van der Waals surface area contributed by atoms with Gasteiger partial charge in [0.15, 0.2) is 0 Å². The van der Waals surface area contributed by atoms with Crippen molar-refractivity contribution in [1.82, 2.24) is 15.1 Å². The predicted molar refractivity (Wildman–Crippen MR) is 52.5 cm³/mol. The molecule has 0 amide bonds. The molecule has 2 rings (SSSR count). The molecule has 13 heavy (non-hydrogen) atoms. The molecule has 4 nitrogen and oxygen atoms in total. The van der Waals surface area contributed by atoms with Crippen molar-refractivity contribution in [2.75, 3.05) is 18.8 Å². The summed E-state index contributed by atoms with van der Waals surface area (Å²) in [6.45, 7) is 2.21. The Bertz CT molecular complexity index is 286. The van der Waals surface area contributed by atoms with Gasteiger partial charge in [-0.25, -0.2) is 0 Å². The Hall–Kier alpha value is -1.03. The summed E-state index contributed by atoms with van der Waals surface area (Å²) in [5.41, 5.74) is 6.92. The number of nitrogens with one attached hydrogen (secondary N) is 1. The van der Waals surface area contributed by atoms with E-state index in [1.54, 1.807) is 0 Å². The molecule has 0 spiro atoms. The van der Waals surface area contributed by atoms with E-state index in [2.05, 4.69) is 10.4 Å².